The minimum absolute atomic E-state index is 0.0169. The number of ketones is 1. The third-order valence-corrected chi connectivity index (χ3v) is 4.44. The Bertz CT molecular complexity index is 1090. The highest BCUT2D eigenvalue weighted by atomic mass is 35.5. The van der Waals surface area contributed by atoms with Gasteiger partial charge < -0.3 is 9.55 Å². The van der Waals surface area contributed by atoms with E-state index < -0.39 is 0 Å². The Morgan fingerprint density at radius 1 is 1.17 bits per heavy atom. The first-order chi connectivity index (χ1) is 11.7. The molecule has 0 aliphatic rings. The lowest BCUT2D eigenvalue weighted by molar-refractivity contribution is 0.0974. The van der Waals surface area contributed by atoms with Gasteiger partial charge in [-0.3, -0.25) is 9.59 Å². The summed E-state index contributed by atoms with van der Waals surface area (Å²) in [4.78, 5) is 27.1. The van der Waals surface area contributed by atoms with E-state index in [4.69, 9.17) is 11.6 Å². The molecule has 0 bridgehead atoms. The Labute approximate surface area is 142 Å². The average molecular weight is 337 g/mol. The maximum Gasteiger partial charge on any atom is 0.184 e. The van der Waals surface area contributed by atoms with Crippen molar-refractivity contribution in [3.05, 3.63) is 71.0 Å². The average Bonchev–Trinajstić information content (AvgIpc) is 3.16. The van der Waals surface area contributed by atoms with Crippen molar-refractivity contribution in [1.29, 1.82) is 0 Å². The molecule has 0 fully saturated rings. The number of carbonyl (C=O) groups excluding carboxylic acids is 2. The summed E-state index contributed by atoms with van der Waals surface area (Å²) in [5.74, 6) is -0.0169. The summed E-state index contributed by atoms with van der Waals surface area (Å²) in [7, 11) is 0. The molecule has 0 atom stereocenters. The van der Waals surface area contributed by atoms with E-state index in [1.54, 1.807) is 29.1 Å². The molecule has 0 aliphatic carbocycles. The van der Waals surface area contributed by atoms with Gasteiger partial charge in [0.05, 0.1) is 6.54 Å². The van der Waals surface area contributed by atoms with Crippen LogP contribution >= 0.6 is 11.6 Å². The number of benzene rings is 2. The fourth-order valence-electron chi connectivity index (χ4n) is 3.06. The zero-order chi connectivity index (χ0) is 16.7. The molecule has 24 heavy (non-hydrogen) atoms. The van der Waals surface area contributed by atoms with Crippen LogP contribution in [0.25, 0.3) is 21.8 Å². The number of aromatic nitrogens is 2. The molecule has 0 aliphatic heterocycles. The molecule has 1 N–H and O–H groups in total. The quantitative estimate of drug-likeness (QED) is 0.441. The molecular formula is C19H13ClN2O2. The number of rotatable bonds is 4. The van der Waals surface area contributed by atoms with Gasteiger partial charge in [-0.2, -0.15) is 0 Å². The van der Waals surface area contributed by atoms with Gasteiger partial charge in [0, 0.05) is 50.3 Å². The second kappa shape index (κ2) is 5.65. The van der Waals surface area contributed by atoms with Crippen LogP contribution in [0.5, 0.6) is 0 Å². The Morgan fingerprint density at radius 2 is 2.00 bits per heavy atom. The lowest BCUT2D eigenvalue weighted by Crippen LogP contribution is -2.09. The highest BCUT2D eigenvalue weighted by molar-refractivity contribution is 6.31. The molecule has 2 heterocycles. The summed E-state index contributed by atoms with van der Waals surface area (Å²) in [6.07, 6.45) is 4.21. The Balaban J connectivity index is 1.76. The van der Waals surface area contributed by atoms with E-state index in [2.05, 4.69) is 4.98 Å². The van der Waals surface area contributed by atoms with Gasteiger partial charge >= 0.3 is 0 Å². The van der Waals surface area contributed by atoms with E-state index >= 15 is 0 Å². The summed E-state index contributed by atoms with van der Waals surface area (Å²) in [6, 6.07) is 13.0. The highest BCUT2D eigenvalue weighted by Crippen LogP contribution is 2.25. The molecule has 5 heteroatoms. The number of fused-ring (bicyclic) bond motifs is 2. The number of Topliss-reactive ketones (excluding diaryl/α,β-unsaturated/α-hetero) is 1. The summed E-state index contributed by atoms with van der Waals surface area (Å²) in [5.41, 5.74) is 2.92. The normalized spacial score (nSPS) is 11.2. The first kappa shape index (κ1) is 14.7. The molecule has 0 radical (unpaired) electrons. The van der Waals surface area contributed by atoms with Crippen LogP contribution in [0.3, 0.4) is 0 Å². The van der Waals surface area contributed by atoms with Crippen molar-refractivity contribution in [2.24, 2.45) is 0 Å². The fraction of sp³-hybridized carbons (Fsp3) is 0.0526. The van der Waals surface area contributed by atoms with Crippen molar-refractivity contribution in [2.45, 2.75) is 6.54 Å². The predicted molar refractivity (Wildman–Crippen MR) is 95.0 cm³/mol. The van der Waals surface area contributed by atoms with Gasteiger partial charge in [-0.05, 0) is 24.3 Å². The van der Waals surface area contributed by atoms with Crippen molar-refractivity contribution in [2.75, 3.05) is 0 Å². The van der Waals surface area contributed by atoms with Crippen LogP contribution in [0.15, 0.2) is 54.9 Å². The standard InChI is InChI=1S/C19H13ClN2O2/c20-13-5-6-18-15(7-13)12(11-23)9-22(18)10-19(24)16-8-21-17-4-2-1-3-14(16)17/h1-9,11,21H,10H2. The molecule has 0 saturated carbocycles. The van der Waals surface area contributed by atoms with Gasteiger partial charge in [0.1, 0.15) is 0 Å². The number of H-pyrrole nitrogens is 1. The molecule has 0 amide bonds. The number of nitrogens with one attached hydrogen (secondary N) is 1. The summed E-state index contributed by atoms with van der Waals surface area (Å²) < 4.78 is 1.79. The second-order valence-electron chi connectivity index (χ2n) is 5.66. The first-order valence-electron chi connectivity index (χ1n) is 7.50. The Morgan fingerprint density at radius 3 is 2.83 bits per heavy atom. The number of para-hydroxylation sites is 1. The van der Waals surface area contributed by atoms with E-state index in [0.717, 1.165) is 28.1 Å². The molecule has 0 unspecified atom stereocenters. The van der Waals surface area contributed by atoms with E-state index in [0.29, 0.717) is 16.1 Å². The van der Waals surface area contributed by atoms with Crippen molar-refractivity contribution in [3.8, 4) is 0 Å². The van der Waals surface area contributed by atoms with Crippen LogP contribution < -0.4 is 0 Å². The van der Waals surface area contributed by atoms with Crippen molar-refractivity contribution in [1.82, 2.24) is 9.55 Å². The van der Waals surface area contributed by atoms with E-state index in [1.165, 1.54) is 0 Å². The number of hydrogen-bond acceptors (Lipinski definition) is 2. The fourth-order valence-corrected chi connectivity index (χ4v) is 3.24. The smallest absolute Gasteiger partial charge is 0.184 e. The summed E-state index contributed by atoms with van der Waals surface area (Å²) in [6.45, 7) is 0.161. The number of aldehydes is 1. The SMILES string of the molecule is O=Cc1cn(CC(=O)c2c[nH]c3ccccc23)c2ccc(Cl)cc12. The van der Waals surface area contributed by atoms with Gasteiger partial charge in [-0.15, -0.1) is 0 Å². The number of nitrogens with zero attached hydrogens (tertiary/aromatic N) is 1. The minimum Gasteiger partial charge on any atom is -0.360 e. The van der Waals surface area contributed by atoms with Crippen LogP contribution in [-0.2, 0) is 6.54 Å². The predicted octanol–water partition coefficient (Wildman–Crippen LogP) is 4.47. The van der Waals surface area contributed by atoms with Gasteiger partial charge in [0.15, 0.2) is 12.1 Å². The highest BCUT2D eigenvalue weighted by Gasteiger charge is 2.15. The van der Waals surface area contributed by atoms with Gasteiger partial charge in [0.25, 0.3) is 0 Å². The third kappa shape index (κ3) is 2.32. The topological polar surface area (TPSA) is 54.9 Å². The van der Waals surface area contributed by atoms with E-state index in [1.807, 2.05) is 30.3 Å². The van der Waals surface area contributed by atoms with Crippen LogP contribution in [0.2, 0.25) is 5.02 Å². The molecule has 0 saturated heterocycles. The van der Waals surface area contributed by atoms with Crippen molar-refractivity contribution in [3.63, 3.8) is 0 Å². The molecule has 4 aromatic rings. The van der Waals surface area contributed by atoms with E-state index in [-0.39, 0.29) is 12.3 Å². The van der Waals surface area contributed by atoms with Crippen LogP contribution in [0, 0.1) is 0 Å². The lowest BCUT2D eigenvalue weighted by atomic mass is 10.1. The molecule has 4 nitrogen and oxygen atoms in total. The number of halogens is 1. The zero-order valence-electron chi connectivity index (χ0n) is 12.6. The van der Waals surface area contributed by atoms with E-state index in [9.17, 15) is 9.59 Å². The largest absolute Gasteiger partial charge is 0.360 e. The van der Waals surface area contributed by atoms with Crippen molar-refractivity contribution >= 4 is 45.5 Å². The lowest BCUT2D eigenvalue weighted by Gasteiger charge is -2.04. The minimum atomic E-state index is -0.0169. The summed E-state index contributed by atoms with van der Waals surface area (Å²) in [5, 5.41) is 2.22. The maximum absolute atomic E-state index is 12.7. The van der Waals surface area contributed by atoms with Gasteiger partial charge in [0.2, 0.25) is 0 Å². The van der Waals surface area contributed by atoms with Crippen LogP contribution in [-0.4, -0.2) is 21.6 Å². The Hall–Kier alpha value is -2.85. The number of carbonyl (C=O) groups is 2. The molecule has 118 valence electrons. The monoisotopic (exact) mass is 336 g/mol. The number of hydrogen-bond donors (Lipinski definition) is 1. The van der Waals surface area contributed by atoms with Gasteiger partial charge in [-0.1, -0.05) is 29.8 Å². The zero-order valence-corrected chi connectivity index (χ0v) is 13.4. The first-order valence-corrected chi connectivity index (χ1v) is 7.88. The summed E-state index contributed by atoms with van der Waals surface area (Å²) >= 11 is 6.01. The molecule has 2 aromatic heterocycles. The molecule has 2 aromatic carbocycles. The molecule has 0 spiro atoms. The van der Waals surface area contributed by atoms with Crippen LogP contribution in [0.4, 0.5) is 0 Å². The van der Waals surface area contributed by atoms with Crippen molar-refractivity contribution < 1.29 is 9.59 Å². The molecule has 4 rings (SSSR count). The van der Waals surface area contributed by atoms with Crippen LogP contribution in [0.1, 0.15) is 20.7 Å². The van der Waals surface area contributed by atoms with Gasteiger partial charge in [-0.25, -0.2) is 0 Å². The second-order valence-corrected chi connectivity index (χ2v) is 6.10. The molecular weight excluding hydrogens is 324 g/mol. The number of aromatic amines is 1. The third-order valence-electron chi connectivity index (χ3n) is 4.20. The maximum atomic E-state index is 12.7. The Kier molecular flexibility index (Phi) is 3.47.